The third kappa shape index (κ3) is 16.8. The van der Waals surface area contributed by atoms with E-state index in [1.807, 2.05) is 32.8 Å². The molecule has 0 amide bonds. The highest BCUT2D eigenvalue weighted by atomic mass is 16.6. The third-order valence-electron chi connectivity index (χ3n) is 2.26. The van der Waals surface area contributed by atoms with E-state index in [1.165, 1.54) is 0 Å². The summed E-state index contributed by atoms with van der Waals surface area (Å²) < 4.78 is 14.4. The zero-order valence-electron chi connectivity index (χ0n) is 14.5. The Balaban J connectivity index is 0. The molecule has 0 bridgehead atoms. The van der Waals surface area contributed by atoms with E-state index < -0.39 is 0 Å². The lowest BCUT2D eigenvalue weighted by Gasteiger charge is -2.10. The van der Waals surface area contributed by atoms with Crippen molar-refractivity contribution in [3.8, 4) is 0 Å². The summed E-state index contributed by atoms with van der Waals surface area (Å²) in [6.07, 6.45) is 0. The Bertz CT molecular complexity index is 277. The fraction of sp³-hybridized carbons (Fsp3) is 0.867. The normalized spacial score (nSPS) is 10.4. The van der Waals surface area contributed by atoms with Gasteiger partial charge in [0.2, 0.25) is 0 Å². The third-order valence-corrected chi connectivity index (χ3v) is 2.26. The minimum atomic E-state index is -0.169. The van der Waals surface area contributed by atoms with Crippen LogP contribution >= 0.6 is 0 Å². The van der Waals surface area contributed by atoms with E-state index in [-0.39, 0.29) is 23.8 Å². The van der Waals surface area contributed by atoms with Crippen LogP contribution in [0.2, 0.25) is 0 Å². The van der Waals surface area contributed by atoms with E-state index in [4.69, 9.17) is 14.2 Å². The lowest BCUT2D eigenvalue weighted by molar-refractivity contribution is -0.149. The molecule has 0 saturated carbocycles. The molecule has 0 heterocycles. The second-order valence-electron chi connectivity index (χ2n) is 5.44. The Morgan fingerprint density at radius 2 is 1.29 bits per heavy atom. The van der Waals surface area contributed by atoms with E-state index in [0.717, 1.165) is 6.54 Å². The van der Waals surface area contributed by atoms with Gasteiger partial charge in [-0.25, -0.2) is 0 Å². The van der Waals surface area contributed by atoms with Gasteiger partial charge in [-0.2, -0.15) is 0 Å². The highest BCUT2D eigenvalue weighted by Crippen LogP contribution is 1.95. The van der Waals surface area contributed by atoms with Gasteiger partial charge in [-0.05, 0) is 14.1 Å². The Morgan fingerprint density at radius 1 is 0.857 bits per heavy atom. The molecule has 0 saturated heterocycles. The van der Waals surface area contributed by atoms with Gasteiger partial charge in [-0.1, -0.05) is 27.7 Å². The van der Waals surface area contributed by atoms with Crippen LogP contribution in [0, 0.1) is 11.8 Å². The Morgan fingerprint density at radius 3 is 1.62 bits per heavy atom. The molecule has 0 aliphatic heterocycles. The van der Waals surface area contributed by atoms with E-state index >= 15 is 0 Å². The summed E-state index contributed by atoms with van der Waals surface area (Å²) in [5.74, 6) is -0.349. The SMILES string of the molecule is CC(C)C(=O)OCCN(C)C.COCCOC(=O)C(C)C. The number of likely N-dealkylation sites (N-methyl/N-ethyl adjacent to an activating group) is 1. The molecule has 0 aromatic rings. The lowest BCUT2D eigenvalue weighted by Crippen LogP contribution is -2.21. The second kappa shape index (κ2) is 13.8. The number of esters is 2. The molecule has 0 aromatic carbocycles. The number of carbonyl (C=O) groups excluding carboxylic acids is 2. The highest BCUT2D eigenvalue weighted by Gasteiger charge is 2.07. The Labute approximate surface area is 128 Å². The molecule has 0 radical (unpaired) electrons. The number of hydrogen-bond acceptors (Lipinski definition) is 6. The average Bonchev–Trinajstić information content (AvgIpc) is 2.38. The maximum absolute atomic E-state index is 10.9. The van der Waals surface area contributed by atoms with Crippen LogP contribution in [-0.4, -0.2) is 64.4 Å². The van der Waals surface area contributed by atoms with Gasteiger partial charge in [0.1, 0.15) is 13.2 Å². The smallest absolute Gasteiger partial charge is 0.308 e. The minimum absolute atomic E-state index is 0.0165. The molecular weight excluding hydrogens is 274 g/mol. The zero-order valence-corrected chi connectivity index (χ0v) is 14.5. The summed E-state index contributed by atoms with van der Waals surface area (Å²) in [6.45, 7) is 9.37. The predicted molar refractivity (Wildman–Crippen MR) is 82.0 cm³/mol. The van der Waals surface area contributed by atoms with Crippen molar-refractivity contribution in [1.29, 1.82) is 0 Å². The molecule has 6 heteroatoms. The maximum Gasteiger partial charge on any atom is 0.308 e. The number of carbonyl (C=O) groups is 2. The molecule has 126 valence electrons. The van der Waals surface area contributed by atoms with E-state index in [1.54, 1.807) is 21.0 Å². The molecule has 0 rings (SSSR count). The van der Waals surface area contributed by atoms with E-state index in [0.29, 0.717) is 19.8 Å². The van der Waals surface area contributed by atoms with Crippen LogP contribution in [-0.2, 0) is 23.8 Å². The average molecular weight is 305 g/mol. The first-order valence-electron chi connectivity index (χ1n) is 7.19. The lowest BCUT2D eigenvalue weighted by atomic mass is 10.2. The molecule has 0 aliphatic rings. The van der Waals surface area contributed by atoms with Gasteiger partial charge < -0.3 is 19.1 Å². The van der Waals surface area contributed by atoms with Crippen LogP contribution in [0.3, 0.4) is 0 Å². The first kappa shape index (κ1) is 22.1. The summed E-state index contributed by atoms with van der Waals surface area (Å²) in [5, 5.41) is 0. The van der Waals surface area contributed by atoms with Gasteiger partial charge >= 0.3 is 11.9 Å². The van der Waals surface area contributed by atoms with Gasteiger partial charge in [0, 0.05) is 13.7 Å². The summed E-state index contributed by atoms with van der Waals surface area (Å²) in [4.78, 5) is 23.6. The fourth-order valence-electron chi connectivity index (χ4n) is 0.888. The first-order chi connectivity index (χ1) is 9.72. The largest absolute Gasteiger partial charge is 0.464 e. The molecule has 0 aliphatic carbocycles. The van der Waals surface area contributed by atoms with Crippen LogP contribution in [0.15, 0.2) is 0 Å². The standard InChI is InChI=1S/C8H17NO2.C7H14O3/c1-7(2)8(10)11-6-5-9(3)4;1-6(2)7(8)10-5-4-9-3/h7H,5-6H2,1-4H3;6H,4-5H2,1-3H3. The summed E-state index contributed by atoms with van der Waals surface area (Å²) in [7, 11) is 5.47. The van der Waals surface area contributed by atoms with Crippen molar-refractivity contribution >= 4 is 11.9 Å². The molecule has 0 atom stereocenters. The van der Waals surface area contributed by atoms with Crippen molar-refractivity contribution in [1.82, 2.24) is 4.90 Å². The molecule has 0 fully saturated rings. The fourth-order valence-corrected chi connectivity index (χ4v) is 0.888. The van der Waals surface area contributed by atoms with Gasteiger partial charge in [0.15, 0.2) is 0 Å². The van der Waals surface area contributed by atoms with Crippen molar-refractivity contribution in [2.45, 2.75) is 27.7 Å². The van der Waals surface area contributed by atoms with Crippen molar-refractivity contribution in [2.75, 3.05) is 47.6 Å². The van der Waals surface area contributed by atoms with Gasteiger partial charge in [-0.15, -0.1) is 0 Å². The molecular formula is C15H31NO5. The Kier molecular flexibility index (Phi) is 14.6. The topological polar surface area (TPSA) is 65.1 Å². The first-order valence-corrected chi connectivity index (χ1v) is 7.19. The van der Waals surface area contributed by atoms with Crippen molar-refractivity contribution < 1.29 is 23.8 Å². The summed E-state index contributed by atoms with van der Waals surface area (Å²) >= 11 is 0. The van der Waals surface area contributed by atoms with Gasteiger partial charge in [-0.3, -0.25) is 9.59 Å². The van der Waals surface area contributed by atoms with E-state index in [2.05, 4.69) is 0 Å². The summed E-state index contributed by atoms with van der Waals surface area (Å²) in [5.41, 5.74) is 0. The number of methoxy groups -OCH3 is 1. The predicted octanol–water partition coefficient (Wildman–Crippen LogP) is 1.58. The maximum atomic E-state index is 10.9. The monoisotopic (exact) mass is 305 g/mol. The highest BCUT2D eigenvalue weighted by molar-refractivity contribution is 5.71. The minimum Gasteiger partial charge on any atom is -0.464 e. The summed E-state index contributed by atoms with van der Waals surface area (Å²) in [6, 6.07) is 0. The number of ether oxygens (including phenoxy) is 3. The molecule has 0 N–H and O–H groups in total. The number of rotatable bonds is 8. The van der Waals surface area contributed by atoms with Crippen LogP contribution in [0.25, 0.3) is 0 Å². The van der Waals surface area contributed by atoms with Crippen LogP contribution < -0.4 is 0 Å². The van der Waals surface area contributed by atoms with Crippen LogP contribution in [0.4, 0.5) is 0 Å². The number of hydrogen-bond donors (Lipinski definition) is 0. The second-order valence-corrected chi connectivity index (χ2v) is 5.44. The molecule has 0 spiro atoms. The van der Waals surface area contributed by atoms with E-state index in [9.17, 15) is 9.59 Å². The molecule has 0 unspecified atom stereocenters. The van der Waals surface area contributed by atoms with Gasteiger partial charge in [0.05, 0.1) is 18.4 Å². The molecule has 0 aromatic heterocycles. The quantitative estimate of drug-likeness (QED) is 0.501. The van der Waals surface area contributed by atoms with Crippen molar-refractivity contribution in [3.63, 3.8) is 0 Å². The zero-order chi connectivity index (χ0) is 16.8. The van der Waals surface area contributed by atoms with Crippen molar-refractivity contribution in [2.24, 2.45) is 11.8 Å². The Hall–Kier alpha value is -1.14. The van der Waals surface area contributed by atoms with Crippen molar-refractivity contribution in [3.05, 3.63) is 0 Å². The molecule has 21 heavy (non-hydrogen) atoms. The molecule has 6 nitrogen and oxygen atoms in total. The van der Waals surface area contributed by atoms with Crippen LogP contribution in [0.1, 0.15) is 27.7 Å². The van der Waals surface area contributed by atoms with Gasteiger partial charge in [0.25, 0.3) is 0 Å². The number of nitrogens with zero attached hydrogens (tertiary/aromatic N) is 1. The van der Waals surface area contributed by atoms with Crippen LogP contribution in [0.5, 0.6) is 0 Å².